The van der Waals surface area contributed by atoms with E-state index in [1.807, 2.05) is 0 Å². The largest absolute Gasteiger partial charge is 0.494 e. The minimum Gasteiger partial charge on any atom is -0.494 e. The second-order valence-electron chi connectivity index (χ2n) is 5.79. The Morgan fingerprint density at radius 3 is 2.57 bits per heavy atom. The molecule has 1 aliphatic carbocycles. The molecule has 0 amide bonds. The fourth-order valence-electron chi connectivity index (χ4n) is 2.88. The van der Waals surface area contributed by atoms with Crippen LogP contribution in [0, 0.1) is 0 Å². The van der Waals surface area contributed by atoms with Gasteiger partial charge in [0.25, 0.3) is 0 Å². The quantitative estimate of drug-likeness (QED) is 0.535. The molecule has 0 radical (unpaired) electrons. The number of likely N-dealkylation sites (N-methyl/N-ethyl adjacent to an activating group) is 1. The molecule has 0 aromatic heterocycles. The van der Waals surface area contributed by atoms with E-state index in [0.717, 1.165) is 25.3 Å². The van der Waals surface area contributed by atoms with Crippen LogP contribution in [0.2, 0.25) is 0 Å². The van der Waals surface area contributed by atoms with Crippen molar-refractivity contribution < 1.29 is 4.74 Å². The molecule has 0 fully saturated rings. The monoisotopic (exact) mass is 287 g/mol. The summed E-state index contributed by atoms with van der Waals surface area (Å²) in [5.74, 6) is 0.986. The van der Waals surface area contributed by atoms with Gasteiger partial charge in [-0.25, -0.2) is 0 Å². The molecule has 1 N–H and O–H groups in total. The lowest BCUT2D eigenvalue weighted by Crippen LogP contribution is -2.23. The fraction of sp³-hybridized carbons (Fsp3) is 0.579. The van der Waals surface area contributed by atoms with Crippen LogP contribution in [-0.4, -0.2) is 13.2 Å². The fourth-order valence-corrected chi connectivity index (χ4v) is 2.88. The minimum absolute atomic E-state index is 0.375. The molecule has 1 unspecified atom stereocenters. The summed E-state index contributed by atoms with van der Waals surface area (Å²) in [5, 5.41) is 3.63. The highest BCUT2D eigenvalue weighted by molar-refractivity contribution is 5.34. The molecule has 0 heterocycles. The molecule has 1 aromatic rings. The van der Waals surface area contributed by atoms with Crippen molar-refractivity contribution in [2.24, 2.45) is 0 Å². The number of benzene rings is 1. The van der Waals surface area contributed by atoms with Crippen LogP contribution in [0.15, 0.2) is 35.9 Å². The molecular formula is C19H29NO. The van der Waals surface area contributed by atoms with E-state index >= 15 is 0 Å². The number of allylic oxidation sites excluding steroid dienone is 1. The highest BCUT2D eigenvalue weighted by Gasteiger charge is 2.17. The molecule has 1 atom stereocenters. The summed E-state index contributed by atoms with van der Waals surface area (Å²) in [6.07, 6.45) is 9.85. The highest BCUT2D eigenvalue weighted by Crippen LogP contribution is 2.30. The summed E-state index contributed by atoms with van der Waals surface area (Å²) in [4.78, 5) is 0. The van der Waals surface area contributed by atoms with Crippen LogP contribution in [0.25, 0.3) is 0 Å². The number of hydrogen-bond donors (Lipinski definition) is 1. The Balaban J connectivity index is 2.04. The molecule has 0 bridgehead atoms. The van der Waals surface area contributed by atoms with Crippen LogP contribution in [0.1, 0.15) is 64.0 Å². The first-order valence-corrected chi connectivity index (χ1v) is 8.50. The van der Waals surface area contributed by atoms with E-state index in [9.17, 15) is 0 Å². The summed E-state index contributed by atoms with van der Waals surface area (Å²) in [6, 6.07) is 9.02. The van der Waals surface area contributed by atoms with Crippen molar-refractivity contribution in [3.05, 3.63) is 41.5 Å². The molecule has 1 aromatic carbocycles. The Kier molecular flexibility index (Phi) is 6.81. The minimum atomic E-state index is 0.375. The van der Waals surface area contributed by atoms with E-state index in [0.29, 0.717) is 6.04 Å². The lowest BCUT2D eigenvalue weighted by atomic mass is 9.90. The zero-order valence-electron chi connectivity index (χ0n) is 13.5. The number of ether oxygens (including phenoxy) is 1. The highest BCUT2D eigenvalue weighted by atomic mass is 16.5. The number of rotatable bonds is 8. The molecule has 1 aliphatic rings. The van der Waals surface area contributed by atoms with Gasteiger partial charge < -0.3 is 10.1 Å². The summed E-state index contributed by atoms with van der Waals surface area (Å²) < 4.78 is 5.75. The second kappa shape index (κ2) is 8.89. The van der Waals surface area contributed by atoms with Gasteiger partial charge in [-0.15, -0.1) is 0 Å². The first kappa shape index (κ1) is 16.1. The van der Waals surface area contributed by atoms with Gasteiger partial charge in [0.15, 0.2) is 0 Å². The van der Waals surface area contributed by atoms with Crippen LogP contribution in [0.4, 0.5) is 0 Å². The third kappa shape index (κ3) is 4.89. The Morgan fingerprint density at radius 2 is 1.95 bits per heavy atom. The van der Waals surface area contributed by atoms with E-state index in [4.69, 9.17) is 4.74 Å². The van der Waals surface area contributed by atoms with Crippen molar-refractivity contribution in [3.8, 4) is 5.75 Å². The molecule has 2 rings (SSSR count). The lowest BCUT2D eigenvalue weighted by Gasteiger charge is -2.24. The van der Waals surface area contributed by atoms with Crippen LogP contribution in [-0.2, 0) is 0 Å². The third-order valence-electron chi connectivity index (χ3n) is 4.09. The van der Waals surface area contributed by atoms with Crippen LogP contribution >= 0.6 is 0 Å². The van der Waals surface area contributed by atoms with E-state index in [2.05, 4.69) is 49.5 Å². The molecule has 21 heavy (non-hydrogen) atoms. The predicted octanol–water partition coefficient (Wildman–Crippen LogP) is 5.02. The first-order valence-electron chi connectivity index (χ1n) is 8.50. The van der Waals surface area contributed by atoms with Crippen molar-refractivity contribution >= 4 is 0 Å². The maximum Gasteiger partial charge on any atom is 0.119 e. The topological polar surface area (TPSA) is 21.3 Å². The van der Waals surface area contributed by atoms with E-state index in [-0.39, 0.29) is 0 Å². The van der Waals surface area contributed by atoms with Crippen LogP contribution < -0.4 is 10.1 Å². The van der Waals surface area contributed by atoms with E-state index in [1.165, 1.54) is 37.7 Å². The van der Waals surface area contributed by atoms with Gasteiger partial charge >= 0.3 is 0 Å². The van der Waals surface area contributed by atoms with Crippen LogP contribution in [0.3, 0.4) is 0 Å². The molecule has 0 saturated carbocycles. The summed E-state index contributed by atoms with van der Waals surface area (Å²) in [6.45, 7) is 6.18. The Labute approximate surface area is 129 Å². The summed E-state index contributed by atoms with van der Waals surface area (Å²) >= 11 is 0. The second-order valence-corrected chi connectivity index (χ2v) is 5.79. The van der Waals surface area contributed by atoms with E-state index in [1.54, 1.807) is 5.57 Å². The molecule has 0 spiro atoms. The molecule has 2 heteroatoms. The van der Waals surface area contributed by atoms with E-state index < -0.39 is 0 Å². The number of nitrogens with one attached hydrogen (secondary N) is 1. The molecule has 0 saturated heterocycles. The SMILES string of the molecule is CCCCOc1ccc(C(NCC)C2=CCCCC2)cc1. The van der Waals surface area contributed by atoms with Crippen molar-refractivity contribution in [2.75, 3.05) is 13.2 Å². The maximum absolute atomic E-state index is 5.75. The Hall–Kier alpha value is -1.28. The number of hydrogen-bond acceptors (Lipinski definition) is 2. The van der Waals surface area contributed by atoms with Gasteiger partial charge in [-0.2, -0.15) is 0 Å². The van der Waals surface area contributed by atoms with Crippen molar-refractivity contribution in [2.45, 2.75) is 58.4 Å². The smallest absolute Gasteiger partial charge is 0.119 e. The maximum atomic E-state index is 5.75. The van der Waals surface area contributed by atoms with Gasteiger partial charge in [-0.3, -0.25) is 0 Å². The normalized spacial score (nSPS) is 16.4. The lowest BCUT2D eigenvalue weighted by molar-refractivity contribution is 0.309. The average molecular weight is 287 g/mol. The van der Waals surface area contributed by atoms with Gasteiger partial charge in [0.1, 0.15) is 5.75 Å². The van der Waals surface area contributed by atoms with Gasteiger partial charge in [-0.05, 0) is 56.3 Å². The Morgan fingerprint density at radius 1 is 1.14 bits per heavy atom. The molecular weight excluding hydrogens is 258 g/mol. The van der Waals surface area contributed by atoms with Crippen molar-refractivity contribution in [3.63, 3.8) is 0 Å². The zero-order chi connectivity index (χ0) is 14.9. The summed E-state index contributed by atoms with van der Waals surface area (Å²) in [7, 11) is 0. The van der Waals surface area contributed by atoms with Gasteiger partial charge in [0.2, 0.25) is 0 Å². The summed E-state index contributed by atoms with van der Waals surface area (Å²) in [5.41, 5.74) is 2.91. The molecule has 2 nitrogen and oxygen atoms in total. The standard InChI is InChI=1S/C19H29NO/c1-3-5-15-21-18-13-11-17(12-14-18)19(20-4-2)16-9-7-6-8-10-16/h9,11-14,19-20H,3-8,10,15H2,1-2H3. The predicted molar refractivity (Wildman–Crippen MR) is 89.8 cm³/mol. The Bertz CT molecular complexity index is 435. The van der Waals surface area contributed by atoms with Crippen molar-refractivity contribution in [1.82, 2.24) is 5.32 Å². The van der Waals surface area contributed by atoms with Crippen LogP contribution in [0.5, 0.6) is 5.75 Å². The third-order valence-corrected chi connectivity index (χ3v) is 4.09. The van der Waals surface area contributed by atoms with Gasteiger partial charge in [0.05, 0.1) is 12.6 Å². The zero-order valence-corrected chi connectivity index (χ0v) is 13.5. The molecule has 0 aliphatic heterocycles. The molecule has 116 valence electrons. The number of unbranched alkanes of at least 4 members (excludes halogenated alkanes) is 1. The van der Waals surface area contributed by atoms with Gasteiger partial charge in [-0.1, -0.05) is 44.1 Å². The van der Waals surface area contributed by atoms with Gasteiger partial charge in [0, 0.05) is 0 Å². The van der Waals surface area contributed by atoms with Crippen molar-refractivity contribution in [1.29, 1.82) is 0 Å². The first-order chi connectivity index (χ1) is 10.3. The average Bonchev–Trinajstić information content (AvgIpc) is 2.54.